The van der Waals surface area contributed by atoms with E-state index in [-0.39, 0.29) is 27.6 Å². The number of nitriles is 1. The van der Waals surface area contributed by atoms with E-state index in [4.69, 9.17) is 16.0 Å². The molecule has 3 aromatic rings. The van der Waals surface area contributed by atoms with Crippen molar-refractivity contribution in [1.29, 1.82) is 5.26 Å². The third-order valence-electron chi connectivity index (χ3n) is 3.61. The van der Waals surface area contributed by atoms with E-state index in [0.29, 0.717) is 11.3 Å². The fourth-order valence-electron chi connectivity index (χ4n) is 2.39. The second-order valence-corrected chi connectivity index (χ2v) is 5.73. The molecule has 0 unspecified atom stereocenters. The summed E-state index contributed by atoms with van der Waals surface area (Å²) in [6.45, 7) is 0. The molecular weight excluding hydrogens is 359 g/mol. The Kier molecular flexibility index (Phi) is 4.83. The van der Waals surface area contributed by atoms with Crippen LogP contribution in [0.4, 0.5) is 10.1 Å². The van der Waals surface area contributed by atoms with Gasteiger partial charge in [-0.05, 0) is 48.0 Å². The predicted molar refractivity (Wildman–Crippen MR) is 95.7 cm³/mol. The fourth-order valence-corrected chi connectivity index (χ4v) is 2.56. The highest BCUT2D eigenvalue weighted by Gasteiger charge is 2.18. The summed E-state index contributed by atoms with van der Waals surface area (Å²) >= 11 is 5.81. The van der Waals surface area contributed by atoms with Gasteiger partial charge in [0.25, 0.3) is 5.69 Å². The number of halogens is 2. The zero-order valence-electron chi connectivity index (χ0n) is 13.1. The van der Waals surface area contributed by atoms with Crippen LogP contribution >= 0.6 is 11.6 Å². The molecule has 5 nitrogen and oxygen atoms in total. The summed E-state index contributed by atoms with van der Waals surface area (Å²) in [5.74, 6) is 0.211. The van der Waals surface area contributed by atoms with E-state index in [9.17, 15) is 19.8 Å². The SMILES string of the molecule is N#C/C(=C/c1ccc(-c2ccc(Cl)cc2[N+](=O)[O-])o1)c1ccc(F)cc1. The van der Waals surface area contributed by atoms with Crippen LogP contribution in [0.3, 0.4) is 0 Å². The molecule has 0 amide bonds. The molecule has 0 spiro atoms. The minimum atomic E-state index is -0.543. The Bertz CT molecular complexity index is 1050. The minimum absolute atomic E-state index is 0.179. The molecule has 0 atom stereocenters. The lowest BCUT2D eigenvalue weighted by atomic mass is 10.1. The number of nitro groups is 1. The van der Waals surface area contributed by atoms with Gasteiger partial charge in [0.1, 0.15) is 17.3 Å². The largest absolute Gasteiger partial charge is 0.456 e. The van der Waals surface area contributed by atoms with Gasteiger partial charge >= 0.3 is 0 Å². The van der Waals surface area contributed by atoms with Crippen molar-refractivity contribution < 1.29 is 13.7 Å². The Labute approximate surface area is 152 Å². The maximum Gasteiger partial charge on any atom is 0.281 e. The topological polar surface area (TPSA) is 80.1 Å². The molecule has 1 heterocycles. The van der Waals surface area contributed by atoms with Crippen LogP contribution in [0.1, 0.15) is 11.3 Å². The molecule has 0 bridgehead atoms. The molecule has 128 valence electrons. The zero-order valence-corrected chi connectivity index (χ0v) is 13.9. The average molecular weight is 369 g/mol. The summed E-state index contributed by atoms with van der Waals surface area (Å²) in [7, 11) is 0. The zero-order chi connectivity index (χ0) is 18.7. The highest BCUT2D eigenvalue weighted by atomic mass is 35.5. The van der Waals surface area contributed by atoms with Gasteiger partial charge in [-0.3, -0.25) is 10.1 Å². The lowest BCUT2D eigenvalue weighted by Crippen LogP contribution is -1.91. The summed E-state index contributed by atoms with van der Waals surface area (Å²) in [6.07, 6.45) is 1.48. The standard InChI is InChI=1S/C19H10ClFN2O3/c20-14-3-7-17(18(10-14)23(24)25)19-8-6-16(26-19)9-13(11-22)12-1-4-15(21)5-2-12/h1-10H/b13-9-. The van der Waals surface area contributed by atoms with Crippen molar-refractivity contribution in [3.63, 3.8) is 0 Å². The molecule has 0 aliphatic carbocycles. The number of hydrogen-bond donors (Lipinski definition) is 0. The van der Waals surface area contributed by atoms with Gasteiger partial charge in [0, 0.05) is 11.1 Å². The monoisotopic (exact) mass is 368 g/mol. The van der Waals surface area contributed by atoms with Gasteiger partial charge in [-0.2, -0.15) is 5.26 Å². The van der Waals surface area contributed by atoms with Gasteiger partial charge in [0.05, 0.1) is 22.1 Å². The van der Waals surface area contributed by atoms with Crippen LogP contribution in [0.5, 0.6) is 0 Å². The summed E-state index contributed by atoms with van der Waals surface area (Å²) in [4.78, 5) is 10.7. The summed E-state index contributed by atoms with van der Waals surface area (Å²) in [6, 6.07) is 14.9. The summed E-state index contributed by atoms with van der Waals surface area (Å²) in [5.41, 5.74) is 0.904. The molecule has 3 rings (SSSR count). The first-order valence-corrected chi connectivity index (χ1v) is 7.77. The van der Waals surface area contributed by atoms with Gasteiger partial charge in [-0.25, -0.2) is 4.39 Å². The highest BCUT2D eigenvalue weighted by Crippen LogP contribution is 2.34. The predicted octanol–water partition coefficient (Wildman–Crippen LogP) is 5.71. The molecule has 2 aromatic carbocycles. The number of benzene rings is 2. The van der Waals surface area contributed by atoms with Crippen molar-refractivity contribution in [1.82, 2.24) is 0 Å². The third kappa shape index (κ3) is 3.63. The van der Waals surface area contributed by atoms with Crippen LogP contribution in [0.2, 0.25) is 5.02 Å². The second-order valence-electron chi connectivity index (χ2n) is 5.30. The van der Waals surface area contributed by atoms with Crippen LogP contribution < -0.4 is 0 Å². The number of nitrogens with zero attached hydrogens (tertiary/aromatic N) is 2. The first-order chi connectivity index (χ1) is 12.5. The van der Waals surface area contributed by atoms with Crippen LogP contribution in [-0.2, 0) is 0 Å². The maximum absolute atomic E-state index is 13.0. The first-order valence-electron chi connectivity index (χ1n) is 7.40. The van der Waals surface area contributed by atoms with Gasteiger partial charge in [-0.1, -0.05) is 23.7 Å². The maximum atomic E-state index is 13.0. The lowest BCUT2D eigenvalue weighted by Gasteiger charge is -2.01. The number of nitro benzene ring substituents is 1. The Balaban J connectivity index is 1.99. The van der Waals surface area contributed by atoms with Crippen LogP contribution in [0, 0.1) is 27.3 Å². The van der Waals surface area contributed by atoms with Crippen LogP contribution in [0.15, 0.2) is 59.0 Å². The third-order valence-corrected chi connectivity index (χ3v) is 3.85. The van der Waals surface area contributed by atoms with E-state index in [2.05, 4.69) is 0 Å². The molecule has 1 aromatic heterocycles. The van der Waals surface area contributed by atoms with Gasteiger partial charge in [0.15, 0.2) is 0 Å². The van der Waals surface area contributed by atoms with Gasteiger partial charge < -0.3 is 4.42 Å². The van der Waals surface area contributed by atoms with Crippen molar-refractivity contribution in [3.8, 4) is 17.4 Å². The summed E-state index contributed by atoms with van der Waals surface area (Å²) < 4.78 is 18.6. The van der Waals surface area contributed by atoms with Crippen molar-refractivity contribution in [2.24, 2.45) is 0 Å². The van der Waals surface area contributed by atoms with Gasteiger partial charge in [0.2, 0.25) is 0 Å². The van der Waals surface area contributed by atoms with Crippen LogP contribution in [-0.4, -0.2) is 4.92 Å². The van der Waals surface area contributed by atoms with Crippen molar-refractivity contribution in [3.05, 3.63) is 86.9 Å². The molecule has 0 saturated heterocycles. The van der Waals surface area contributed by atoms with E-state index in [0.717, 1.165) is 0 Å². The fraction of sp³-hybridized carbons (Fsp3) is 0. The number of hydrogen-bond acceptors (Lipinski definition) is 4. The molecular formula is C19H10ClFN2O3. The first kappa shape index (κ1) is 17.4. The lowest BCUT2D eigenvalue weighted by molar-refractivity contribution is -0.384. The van der Waals surface area contributed by atoms with E-state index in [1.165, 1.54) is 48.5 Å². The molecule has 0 N–H and O–H groups in total. The van der Waals surface area contributed by atoms with Crippen LogP contribution in [0.25, 0.3) is 23.0 Å². The molecule has 0 fully saturated rings. The Morgan fingerprint density at radius 3 is 2.58 bits per heavy atom. The molecule has 0 radical (unpaired) electrons. The van der Waals surface area contributed by atoms with Crippen molar-refractivity contribution in [2.45, 2.75) is 0 Å². The summed E-state index contributed by atoms with van der Waals surface area (Å²) in [5, 5.41) is 20.8. The highest BCUT2D eigenvalue weighted by molar-refractivity contribution is 6.30. The second kappa shape index (κ2) is 7.21. The van der Waals surface area contributed by atoms with E-state index in [1.54, 1.807) is 12.1 Å². The van der Waals surface area contributed by atoms with Crippen molar-refractivity contribution in [2.75, 3.05) is 0 Å². The quantitative estimate of drug-likeness (QED) is 0.335. The average Bonchev–Trinajstić information content (AvgIpc) is 3.09. The van der Waals surface area contributed by atoms with Crippen molar-refractivity contribution >= 4 is 28.9 Å². The minimum Gasteiger partial charge on any atom is -0.456 e. The van der Waals surface area contributed by atoms with E-state index < -0.39 is 10.7 Å². The van der Waals surface area contributed by atoms with E-state index in [1.807, 2.05) is 6.07 Å². The Morgan fingerprint density at radius 1 is 1.19 bits per heavy atom. The normalized spacial score (nSPS) is 11.2. The molecule has 0 saturated carbocycles. The smallest absolute Gasteiger partial charge is 0.281 e. The molecule has 26 heavy (non-hydrogen) atoms. The molecule has 0 aliphatic rings. The molecule has 7 heteroatoms. The van der Waals surface area contributed by atoms with E-state index >= 15 is 0 Å². The van der Waals surface area contributed by atoms with Gasteiger partial charge in [-0.15, -0.1) is 0 Å². The number of rotatable bonds is 4. The number of allylic oxidation sites excluding steroid dienone is 1. The molecule has 0 aliphatic heterocycles. The number of furan rings is 1. The Hall–Kier alpha value is -3.43. The Morgan fingerprint density at radius 2 is 1.92 bits per heavy atom.